The molecule has 0 saturated heterocycles. The van der Waals surface area contributed by atoms with E-state index in [1.807, 2.05) is 44.2 Å². The Kier molecular flexibility index (Phi) is 3.63. The highest BCUT2D eigenvalue weighted by atomic mass is 32.1. The van der Waals surface area contributed by atoms with Crippen molar-refractivity contribution < 1.29 is 14.7 Å². The molecule has 0 unspecified atom stereocenters. The van der Waals surface area contributed by atoms with Crippen molar-refractivity contribution in [2.45, 2.75) is 26.7 Å². The maximum Gasteiger partial charge on any atom is 0.348 e. The third kappa shape index (κ3) is 2.49. The number of aromatic carboxylic acids is 1. The van der Waals surface area contributed by atoms with Crippen molar-refractivity contribution in [1.29, 1.82) is 0 Å². The number of nitrogens with two attached hydrogens (primary N) is 1. The van der Waals surface area contributed by atoms with Gasteiger partial charge in [-0.1, -0.05) is 44.2 Å². The molecule has 1 aliphatic rings. The Morgan fingerprint density at radius 3 is 2.54 bits per heavy atom. The van der Waals surface area contributed by atoms with Gasteiger partial charge in [-0.2, -0.15) is 0 Å². The number of fused-ring (bicyclic) bond motifs is 2. The van der Waals surface area contributed by atoms with E-state index in [9.17, 15) is 14.7 Å². The summed E-state index contributed by atoms with van der Waals surface area (Å²) in [6.45, 7) is 4.10. The molecule has 0 fully saturated rings. The summed E-state index contributed by atoms with van der Waals surface area (Å²) in [4.78, 5) is 29.9. The van der Waals surface area contributed by atoms with Gasteiger partial charge in [-0.25, -0.2) is 9.78 Å². The molecule has 2 aromatic heterocycles. The number of aromatic nitrogens is 1. The van der Waals surface area contributed by atoms with Crippen LogP contribution in [0.5, 0.6) is 0 Å². The fourth-order valence-corrected chi connectivity index (χ4v) is 4.68. The maximum absolute atomic E-state index is 13.0. The van der Waals surface area contributed by atoms with Crippen LogP contribution < -0.4 is 5.73 Å². The highest BCUT2D eigenvalue weighted by molar-refractivity contribution is 7.21. The zero-order valence-electron chi connectivity index (χ0n) is 14.5. The molecule has 0 atom stereocenters. The van der Waals surface area contributed by atoms with Gasteiger partial charge in [0.2, 0.25) is 0 Å². The standard InChI is InChI=1S/C20H18N2O3S/c1-20(2)8-11-14(12(23)9-20)13(10-6-4-3-5-7-10)15-16(21)17(19(24)25)26-18(15)22-11/h3-7H,8-9,21H2,1-2H3,(H,24,25). The molecule has 6 heteroatoms. The normalized spacial score (nSPS) is 15.8. The number of anilines is 1. The summed E-state index contributed by atoms with van der Waals surface area (Å²) in [6, 6.07) is 9.52. The smallest absolute Gasteiger partial charge is 0.348 e. The molecule has 26 heavy (non-hydrogen) atoms. The number of nitrogen functional groups attached to an aromatic ring is 1. The fraction of sp³-hybridized carbons (Fsp3) is 0.250. The molecule has 0 bridgehead atoms. The van der Waals surface area contributed by atoms with Gasteiger partial charge in [0.25, 0.3) is 0 Å². The van der Waals surface area contributed by atoms with E-state index < -0.39 is 5.97 Å². The Bertz CT molecular complexity index is 1070. The van der Waals surface area contributed by atoms with Crippen LogP contribution in [0, 0.1) is 5.41 Å². The summed E-state index contributed by atoms with van der Waals surface area (Å²) in [5.74, 6) is -1.04. The molecule has 4 rings (SSSR count). The van der Waals surface area contributed by atoms with E-state index >= 15 is 0 Å². The zero-order valence-corrected chi connectivity index (χ0v) is 15.3. The average Bonchev–Trinajstić information content (AvgIpc) is 2.89. The summed E-state index contributed by atoms with van der Waals surface area (Å²) < 4.78 is 0. The van der Waals surface area contributed by atoms with Crippen molar-refractivity contribution in [1.82, 2.24) is 4.98 Å². The highest BCUT2D eigenvalue weighted by Crippen LogP contribution is 2.46. The third-order valence-electron chi connectivity index (χ3n) is 4.77. The van der Waals surface area contributed by atoms with Gasteiger partial charge in [0, 0.05) is 22.9 Å². The van der Waals surface area contributed by atoms with Gasteiger partial charge in [0.05, 0.1) is 11.4 Å². The van der Waals surface area contributed by atoms with E-state index in [0.29, 0.717) is 34.2 Å². The van der Waals surface area contributed by atoms with Crippen LogP contribution in [0.4, 0.5) is 5.69 Å². The first-order valence-electron chi connectivity index (χ1n) is 8.35. The number of rotatable bonds is 2. The minimum atomic E-state index is -1.07. The van der Waals surface area contributed by atoms with E-state index in [2.05, 4.69) is 4.98 Å². The summed E-state index contributed by atoms with van der Waals surface area (Å²) in [5.41, 5.74) is 9.09. The predicted octanol–water partition coefficient (Wildman–Crippen LogP) is 4.40. The number of carboxylic acid groups (broad SMARTS) is 1. The maximum atomic E-state index is 13.0. The van der Waals surface area contributed by atoms with Crippen LogP contribution in [0.25, 0.3) is 21.3 Å². The van der Waals surface area contributed by atoms with Crippen molar-refractivity contribution in [3.8, 4) is 11.1 Å². The Balaban J connectivity index is 2.16. The summed E-state index contributed by atoms with van der Waals surface area (Å²) in [6.07, 6.45) is 1.10. The molecular formula is C20H18N2O3S. The Labute approximate surface area is 154 Å². The van der Waals surface area contributed by atoms with Crippen LogP contribution >= 0.6 is 11.3 Å². The van der Waals surface area contributed by atoms with Crippen LogP contribution in [-0.2, 0) is 6.42 Å². The molecule has 5 nitrogen and oxygen atoms in total. The zero-order chi connectivity index (χ0) is 18.6. The van der Waals surface area contributed by atoms with Gasteiger partial charge >= 0.3 is 5.97 Å². The number of benzene rings is 1. The van der Waals surface area contributed by atoms with Crippen molar-refractivity contribution in [2.75, 3.05) is 5.73 Å². The Hall–Kier alpha value is -2.73. The molecule has 0 amide bonds. The number of hydrogen-bond acceptors (Lipinski definition) is 5. The van der Waals surface area contributed by atoms with Crippen molar-refractivity contribution >= 4 is 39.0 Å². The number of nitrogens with zero attached hydrogens (tertiary/aromatic N) is 1. The Morgan fingerprint density at radius 1 is 1.19 bits per heavy atom. The predicted molar refractivity (Wildman–Crippen MR) is 103 cm³/mol. The van der Waals surface area contributed by atoms with E-state index in [1.54, 1.807) is 0 Å². The summed E-state index contributed by atoms with van der Waals surface area (Å²) in [7, 11) is 0. The first-order chi connectivity index (χ1) is 12.3. The van der Waals surface area contributed by atoms with Crippen LogP contribution in [0.15, 0.2) is 30.3 Å². The first kappa shape index (κ1) is 16.7. The molecule has 1 aliphatic carbocycles. The first-order valence-corrected chi connectivity index (χ1v) is 9.17. The number of carboxylic acids is 1. The van der Waals surface area contributed by atoms with E-state index in [1.165, 1.54) is 0 Å². The summed E-state index contributed by atoms with van der Waals surface area (Å²) >= 11 is 1.07. The van der Waals surface area contributed by atoms with Crippen molar-refractivity contribution in [2.24, 2.45) is 5.41 Å². The lowest BCUT2D eigenvalue weighted by atomic mass is 9.73. The molecule has 0 spiro atoms. The molecule has 0 saturated carbocycles. The second-order valence-electron chi connectivity index (χ2n) is 7.45. The summed E-state index contributed by atoms with van der Waals surface area (Å²) in [5, 5.41) is 10.0. The van der Waals surface area contributed by atoms with Gasteiger partial charge in [-0.15, -0.1) is 11.3 Å². The molecule has 3 aromatic rings. The lowest BCUT2D eigenvalue weighted by molar-refractivity contribution is 0.0703. The molecule has 0 radical (unpaired) electrons. The van der Waals surface area contributed by atoms with Gasteiger partial charge in [-0.05, 0) is 17.4 Å². The number of carbonyl (C=O) groups excluding carboxylic acids is 1. The van der Waals surface area contributed by atoms with Gasteiger partial charge < -0.3 is 10.8 Å². The highest BCUT2D eigenvalue weighted by Gasteiger charge is 2.36. The van der Waals surface area contributed by atoms with E-state index in [4.69, 9.17) is 5.73 Å². The van der Waals surface area contributed by atoms with E-state index in [-0.39, 0.29) is 21.8 Å². The molecular weight excluding hydrogens is 348 g/mol. The second-order valence-corrected chi connectivity index (χ2v) is 8.44. The number of ketones is 1. The monoisotopic (exact) mass is 366 g/mol. The van der Waals surface area contributed by atoms with Crippen molar-refractivity contribution in [3.05, 3.63) is 46.5 Å². The molecule has 0 aliphatic heterocycles. The number of carbonyl (C=O) groups is 2. The van der Waals surface area contributed by atoms with Crippen molar-refractivity contribution in [3.63, 3.8) is 0 Å². The lowest BCUT2D eigenvalue weighted by Gasteiger charge is -2.30. The minimum Gasteiger partial charge on any atom is -0.477 e. The average molecular weight is 366 g/mol. The van der Waals surface area contributed by atoms with Gasteiger partial charge in [-0.3, -0.25) is 4.79 Å². The number of hydrogen-bond donors (Lipinski definition) is 2. The Morgan fingerprint density at radius 2 is 1.88 bits per heavy atom. The minimum absolute atomic E-state index is 0.0342. The molecule has 3 N–H and O–H groups in total. The van der Waals surface area contributed by atoms with Gasteiger partial charge in [0.15, 0.2) is 5.78 Å². The molecule has 2 heterocycles. The van der Waals surface area contributed by atoms with Crippen LogP contribution in [0.2, 0.25) is 0 Å². The SMILES string of the molecule is CC1(C)CC(=O)c2c(nc3sc(C(=O)O)c(N)c3c2-c2ccccc2)C1. The van der Waals surface area contributed by atoms with Crippen LogP contribution in [-0.4, -0.2) is 21.8 Å². The number of pyridine rings is 1. The number of thiophene rings is 1. The van der Waals surface area contributed by atoms with E-state index in [0.717, 1.165) is 22.6 Å². The second kappa shape index (κ2) is 5.64. The fourth-order valence-electron chi connectivity index (χ4n) is 3.72. The van der Waals surface area contributed by atoms with Crippen LogP contribution in [0.3, 0.4) is 0 Å². The molecule has 132 valence electrons. The molecule has 1 aromatic carbocycles. The lowest BCUT2D eigenvalue weighted by Crippen LogP contribution is -2.28. The quantitative estimate of drug-likeness (QED) is 0.701. The number of Topliss-reactive ketones (excluding diaryl/α,β-unsaturated/α-hetero) is 1. The van der Waals surface area contributed by atoms with Crippen LogP contribution in [0.1, 0.15) is 46.0 Å². The third-order valence-corrected chi connectivity index (χ3v) is 5.86. The van der Waals surface area contributed by atoms with Gasteiger partial charge in [0.1, 0.15) is 9.71 Å². The largest absolute Gasteiger partial charge is 0.477 e. The topological polar surface area (TPSA) is 93.3 Å².